The van der Waals surface area contributed by atoms with Crippen LogP contribution in [0.15, 0.2) is 24.3 Å². The minimum absolute atomic E-state index is 0.0849. The number of rotatable bonds is 4. The first-order valence-corrected chi connectivity index (χ1v) is 10.7. The van der Waals surface area contributed by atoms with E-state index in [4.69, 9.17) is 151 Å². The lowest BCUT2D eigenvalue weighted by Gasteiger charge is -2.53. The molecule has 0 bridgehead atoms. The molecule has 1 rings (SSSR count). The Kier molecular flexibility index (Phi) is 8.60. The van der Waals surface area contributed by atoms with Gasteiger partial charge in [0, 0.05) is 0 Å². The van der Waals surface area contributed by atoms with Gasteiger partial charge in [0.25, 0.3) is 0 Å². The molecule has 0 saturated carbocycles. The van der Waals surface area contributed by atoms with Gasteiger partial charge in [-0.05, 0) is 11.6 Å². The van der Waals surface area contributed by atoms with Crippen LogP contribution in [0.25, 0.3) is 0 Å². The van der Waals surface area contributed by atoms with Crippen LogP contribution >= 0.6 is 151 Å². The number of hydrogen-bond donors (Lipinski definition) is 0. The average Bonchev–Trinajstić information content (AvgIpc) is 2.44. The maximum atomic E-state index is 6.33. The van der Waals surface area contributed by atoms with Crippen molar-refractivity contribution in [3.8, 4) is 0 Å². The molecular weight excluding hydrogens is 605 g/mol. The minimum Gasteiger partial charge on any atom is -0.106 e. The van der Waals surface area contributed by atoms with Crippen molar-refractivity contribution in [2.24, 2.45) is 0 Å². The topological polar surface area (TPSA) is 0 Å². The van der Waals surface area contributed by atoms with E-state index in [0.717, 1.165) is 0 Å². The highest BCUT2D eigenvalue weighted by molar-refractivity contribution is 6.82. The number of alkyl halides is 13. The predicted molar refractivity (Wildman–Crippen MR) is 117 cm³/mol. The van der Waals surface area contributed by atoms with E-state index in [9.17, 15) is 0 Å². The van der Waals surface area contributed by atoms with Gasteiger partial charge in [0.15, 0.2) is 17.9 Å². The first kappa shape index (κ1) is 26.0. The zero-order chi connectivity index (χ0) is 20.1. The van der Waals surface area contributed by atoms with Crippen LogP contribution in [0.3, 0.4) is 0 Å². The van der Waals surface area contributed by atoms with Gasteiger partial charge in [0.2, 0.25) is 7.59 Å². The molecule has 0 fully saturated rings. The van der Waals surface area contributed by atoms with E-state index in [1.807, 2.05) is 0 Å². The summed E-state index contributed by atoms with van der Waals surface area (Å²) < 4.78 is -12.7. The molecule has 0 atom stereocenters. The molecule has 0 unspecified atom stereocenters. The lowest BCUT2D eigenvalue weighted by atomic mass is 9.97. The molecular formula is C12H4Cl13. The Morgan fingerprint density at radius 1 is 0.600 bits per heavy atom. The molecule has 0 heterocycles. The number of halogens is 13. The van der Waals surface area contributed by atoms with Gasteiger partial charge in [0.05, 0.1) is 0 Å². The summed E-state index contributed by atoms with van der Waals surface area (Å²) >= 11 is 79.5. The highest BCUT2D eigenvalue weighted by atomic mass is 35.6. The minimum atomic E-state index is -2.73. The fourth-order valence-electron chi connectivity index (χ4n) is 1.69. The van der Waals surface area contributed by atoms with Crippen molar-refractivity contribution in [2.75, 3.05) is 0 Å². The zero-order valence-corrected chi connectivity index (χ0v) is 21.1. The van der Waals surface area contributed by atoms with Crippen LogP contribution in [-0.4, -0.2) is 21.1 Å². The van der Waals surface area contributed by atoms with Crippen molar-refractivity contribution >= 4 is 151 Å². The van der Waals surface area contributed by atoms with E-state index >= 15 is 0 Å². The molecule has 0 N–H and O–H groups in total. The van der Waals surface area contributed by atoms with Gasteiger partial charge in [-0.25, -0.2) is 0 Å². The Labute approximate surface area is 210 Å². The van der Waals surface area contributed by atoms with Crippen LogP contribution in [0.1, 0.15) is 5.56 Å². The molecule has 13 heteroatoms. The van der Waals surface area contributed by atoms with Crippen molar-refractivity contribution in [2.45, 2.75) is 25.5 Å². The normalized spacial score (nSPS) is 15.4. The smallest absolute Gasteiger partial charge is 0.106 e. The molecule has 143 valence electrons. The molecule has 0 aliphatic heterocycles. The second-order valence-electron chi connectivity index (χ2n) is 4.65. The first-order chi connectivity index (χ1) is 10.9. The Hall–Kier alpha value is 2.99. The van der Waals surface area contributed by atoms with Crippen molar-refractivity contribution < 1.29 is 0 Å². The van der Waals surface area contributed by atoms with Gasteiger partial charge in [0.1, 0.15) is 0 Å². The molecule has 1 radical (unpaired) electrons. The lowest BCUT2D eigenvalue weighted by molar-refractivity contribution is 0.450. The third-order valence-electron chi connectivity index (χ3n) is 3.05. The largest absolute Gasteiger partial charge is 0.216 e. The molecule has 1 aromatic carbocycles. The van der Waals surface area contributed by atoms with Crippen LogP contribution in [0.2, 0.25) is 0 Å². The summed E-state index contributed by atoms with van der Waals surface area (Å²) in [5, 5.41) is 0. The van der Waals surface area contributed by atoms with Gasteiger partial charge < -0.3 is 0 Å². The summed E-state index contributed by atoms with van der Waals surface area (Å²) in [5.74, 6) is 0. The van der Waals surface area contributed by atoms with Crippen LogP contribution < -0.4 is 0 Å². The second kappa shape index (κ2) is 8.26. The Balaban J connectivity index is 3.68. The van der Waals surface area contributed by atoms with E-state index in [1.165, 1.54) is 12.1 Å². The third kappa shape index (κ3) is 4.39. The maximum absolute atomic E-state index is 6.33. The van der Waals surface area contributed by atoms with Crippen LogP contribution in [-0.2, 0) is 4.33 Å². The second-order valence-corrected chi connectivity index (χ2v) is 13.8. The average molecular weight is 609 g/mol. The van der Waals surface area contributed by atoms with Crippen molar-refractivity contribution in [1.29, 1.82) is 0 Å². The van der Waals surface area contributed by atoms with E-state index in [0.29, 0.717) is 0 Å². The molecule has 0 nitrogen and oxygen atoms in total. The fourth-order valence-corrected chi connectivity index (χ4v) is 6.69. The van der Waals surface area contributed by atoms with Gasteiger partial charge in [-0.2, -0.15) is 0 Å². The van der Waals surface area contributed by atoms with Gasteiger partial charge >= 0.3 is 0 Å². The quantitative estimate of drug-likeness (QED) is 0.299. The summed E-state index contributed by atoms with van der Waals surface area (Å²) in [6.07, 6.45) is 0. The van der Waals surface area contributed by atoms with Crippen molar-refractivity contribution in [1.82, 2.24) is 0 Å². The summed E-state index contributed by atoms with van der Waals surface area (Å²) in [6.45, 7) is 0. The summed E-state index contributed by atoms with van der Waals surface area (Å²) in [7, 11) is 0. The monoisotopic (exact) mass is 603 g/mol. The third-order valence-corrected chi connectivity index (χ3v) is 10.4. The SMILES string of the molecule is ClC(Cl)(Cl)C(Cl)(C(Cl)(Cl)Cl)C(Cl)(Cl)C(Cl)(Cl)C(Cl)(Cl)c1[c]cccc1. The molecule has 0 spiro atoms. The number of benzene rings is 1. The Morgan fingerprint density at radius 2 is 1.04 bits per heavy atom. The Morgan fingerprint density at radius 3 is 1.36 bits per heavy atom. The van der Waals surface area contributed by atoms with Gasteiger partial charge in [-0.15, -0.1) is 11.6 Å². The molecule has 0 aromatic heterocycles. The van der Waals surface area contributed by atoms with E-state index in [1.54, 1.807) is 12.1 Å². The van der Waals surface area contributed by atoms with Gasteiger partial charge in [-0.1, -0.05) is 163 Å². The fraction of sp³-hybridized carbons (Fsp3) is 0.500. The summed E-state index contributed by atoms with van der Waals surface area (Å²) in [4.78, 5) is -2.71. The lowest BCUT2D eigenvalue weighted by Crippen LogP contribution is -2.68. The van der Waals surface area contributed by atoms with Crippen molar-refractivity contribution in [3.63, 3.8) is 0 Å². The van der Waals surface area contributed by atoms with E-state index < -0.39 is 25.5 Å². The highest BCUT2D eigenvalue weighted by Gasteiger charge is 2.79. The highest BCUT2D eigenvalue weighted by Crippen LogP contribution is 2.71. The molecule has 0 saturated heterocycles. The molecule has 0 aliphatic rings. The van der Waals surface area contributed by atoms with Crippen LogP contribution in [0.5, 0.6) is 0 Å². The standard InChI is InChI=1S/C12H4Cl13/c13-7(14,6-4-2-1-3-5-6)9(16,17)10(18,19)8(15,11(20,21)22)12(23,24)25/h1-4H. The maximum Gasteiger partial charge on any atom is 0.216 e. The Bertz CT molecular complexity index is 582. The van der Waals surface area contributed by atoms with Crippen LogP contribution in [0.4, 0.5) is 0 Å². The van der Waals surface area contributed by atoms with Gasteiger partial charge in [-0.3, -0.25) is 0 Å². The molecule has 0 amide bonds. The molecule has 0 aliphatic carbocycles. The first-order valence-electron chi connectivity index (χ1n) is 5.78. The number of hydrogen-bond acceptors (Lipinski definition) is 0. The van der Waals surface area contributed by atoms with E-state index in [2.05, 4.69) is 6.07 Å². The summed E-state index contributed by atoms with van der Waals surface area (Å²) in [6, 6.07) is 8.88. The zero-order valence-electron chi connectivity index (χ0n) is 11.2. The summed E-state index contributed by atoms with van der Waals surface area (Å²) in [5.41, 5.74) is 0.0849. The van der Waals surface area contributed by atoms with Crippen LogP contribution in [0, 0.1) is 6.07 Å². The van der Waals surface area contributed by atoms with E-state index in [-0.39, 0.29) is 5.56 Å². The predicted octanol–water partition coefficient (Wildman–Crippen LogP) is 9.18. The molecule has 1 aromatic rings. The van der Waals surface area contributed by atoms with Crippen molar-refractivity contribution in [3.05, 3.63) is 35.9 Å². The molecule has 25 heavy (non-hydrogen) atoms.